The van der Waals surface area contributed by atoms with E-state index >= 15 is 0 Å². The van der Waals surface area contributed by atoms with E-state index in [0.717, 1.165) is 26.1 Å². The molecule has 0 unspecified atom stereocenters. The Morgan fingerprint density at radius 2 is 2.23 bits per heavy atom. The Kier molecular flexibility index (Phi) is 3.27. The zero-order chi connectivity index (χ0) is 9.90. The first-order valence-corrected chi connectivity index (χ1v) is 4.75. The Morgan fingerprint density at radius 3 is 2.69 bits per heavy atom. The summed E-state index contributed by atoms with van der Waals surface area (Å²) in [5.41, 5.74) is 5.86. The van der Waals surface area contributed by atoms with Crippen molar-refractivity contribution in [2.75, 3.05) is 26.7 Å². The zero-order valence-electron chi connectivity index (χ0n) is 8.47. The van der Waals surface area contributed by atoms with Crippen molar-refractivity contribution >= 4 is 5.91 Å². The fourth-order valence-electron chi connectivity index (χ4n) is 1.72. The number of likely N-dealkylation sites (tertiary alicyclic amines) is 1. The lowest BCUT2D eigenvalue weighted by atomic mass is 9.93. The Labute approximate surface area is 79.5 Å². The van der Waals surface area contributed by atoms with Crippen LogP contribution in [0.3, 0.4) is 0 Å². The number of amides is 1. The van der Waals surface area contributed by atoms with E-state index in [-0.39, 0.29) is 11.4 Å². The van der Waals surface area contributed by atoms with Gasteiger partial charge in [-0.1, -0.05) is 0 Å². The topological polar surface area (TPSA) is 58.4 Å². The van der Waals surface area contributed by atoms with Crippen LogP contribution in [0.1, 0.15) is 19.8 Å². The molecule has 0 saturated carbocycles. The van der Waals surface area contributed by atoms with Crippen LogP contribution in [0.5, 0.6) is 0 Å². The van der Waals surface area contributed by atoms with E-state index in [0.29, 0.717) is 6.42 Å². The van der Waals surface area contributed by atoms with Crippen LogP contribution in [0.25, 0.3) is 0 Å². The SMILES string of the molecule is CNC(=O)CCCN1CC(C)(N)C1. The van der Waals surface area contributed by atoms with Crippen molar-refractivity contribution in [2.24, 2.45) is 5.73 Å². The van der Waals surface area contributed by atoms with E-state index < -0.39 is 0 Å². The summed E-state index contributed by atoms with van der Waals surface area (Å²) in [4.78, 5) is 13.2. The maximum Gasteiger partial charge on any atom is 0.219 e. The number of nitrogens with zero attached hydrogens (tertiary/aromatic N) is 1. The van der Waals surface area contributed by atoms with Crippen LogP contribution in [0, 0.1) is 0 Å². The molecular formula is C9H19N3O. The average molecular weight is 185 g/mol. The lowest BCUT2D eigenvalue weighted by molar-refractivity contribution is -0.120. The van der Waals surface area contributed by atoms with Gasteiger partial charge in [0.25, 0.3) is 0 Å². The highest BCUT2D eigenvalue weighted by atomic mass is 16.1. The molecule has 1 aliphatic rings. The van der Waals surface area contributed by atoms with Crippen LogP contribution >= 0.6 is 0 Å². The van der Waals surface area contributed by atoms with E-state index in [1.165, 1.54) is 0 Å². The van der Waals surface area contributed by atoms with Crippen molar-refractivity contribution in [3.63, 3.8) is 0 Å². The monoisotopic (exact) mass is 185 g/mol. The van der Waals surface area contributed by atoms with Crippen molar-refractivity contribution in [3.8, 4) is 0 Å². The third kappa shape index (κ3) is 3.32. The molecule has 0 radical (unpaired) electrons. The number of hydrogen-bond acceptors (Lipinski definition) is 3. The zero-order valence-corrected chi connectivity index (χ0v) is 8.47. The molecule has 1 amide bonds. The molecule has 0 atom stereocenters. The summed E-state index contributed by atoms with van der Waals surface area (Å²) in [5.74, 6) is 0.121. The smallest absolute Gasteiger partial charge is 0.219 e. The lowest BCUT2D eigenvalue weighted by Gasteiger charge is -2.45. The van der Waals surface area contributed by atoms with Gasteiger partial charge in [-0.15, -0.1) is 0 Å². The molecule has 1 saturated heterocycles. The molecule has 1 rings (SSSR count). The fourth-order valence-corrected chi connectivity index (χ4v) is 1.72. The molecule has 0 aromatic carbocycles. The summed E-state index contributed by atoms with van der Waals surface area (Å²) < 4.78 is 0. The van der Waals surface area contributed by atoms with E-state index in [1.54, 1.807) is 7.05 Å². The maximum absolute atomic E-state index is 10.9. The van der Waals surface area contributed by atoms with Crippen molar-refractivity contribution in [2.45, 2.75) is 25.3 Å². The molecule has 0 spiro atoms. The van der Waals surface area contributed by atoms with Gasteiger partial charge in [0, 0.05) is 32.1 Å². The molecule has 0 aromatic heterocycles. The largest absolute Gasteiger partial charge is 0.359 e. The first kappa shape index (κ1) is 10.5. The standard InChI is InChI=1S/C9H19N3O/c1-9(10)6-12(7-9)5-3-4-8(13)11-2/h3-7,10H2,1-2H3,(H,11,13). The summed E-state index contributed by atoms with van der Waals surface area (Å²) in [6.07, 6.45) is 1.55. The third-order valence-corrected chi connectivity index (χ3v) is 2.33. The highest BCUT2D eigenvalue weighted by molar-refractivity contribution is 5.75. The number of nitrogens with one attached hydrogen (secondary N) is 1. The minimum Gasteiger partial charge on any atom is -0.359 e. The Morgan fingerprint density at radius 1 is 1.62 bits per heavy atom. The van der Waals surface area contributed by atoms with Gasteiger partial charge in [-0.25, -0.2) is 0 Å². The van der Waals surface area contributed by atoms with Crippen molar-refractivity contribution in [1.82, 2.24) is 10.2 Å². The van der Waals surface area contributed by atoms with Gasteiger partial charge in [-0.2, -0.15) is 0 Å². The second kappa shape index (κ2) is 4.07. The molecule has 1 aliphatic heterocycles. The van der Waals surface area contributed by atoms with E-state index in [1.807, 2.05) is 0 Å². The molecular weight excluding hydrogens is 166 g/mol. The predicted molar refractivity (Wildman–Crippen MR) is 52.3 cm³/mol. The van der Waals surface area contributed by atoms with Gasteiger partial charge in [0.05, 0.1) is 0 Å². The summed E-state index contributed by atoms with van der Waals surface area (Å²) in [6.45, 7) is 4.96. The first-order chi connectivity index (χ1) is 6.03. The number of carbonyl (C=O) groups excluding carboxylic acids is 1. The fraction of sp³-hybridized carbons (Fsp3) is 0.889. The minimum atomic E-state index is 0.00696. The van der Waals surface area contributed by atoms with Gasteiger partial charge in [-0.3, -0.25) is 9.69 Å². The summed E-state index contributed by atoms with van der Waals surface area (Å²) >= 11 is 0. The number of rotatable bonds is 4. The Balaban J connectivity index is 2.00. The highest BCUT2D eigenvalue weighted by Crippen LogP contribution is 2.16. The Hall–Kier alpha value is -0.610. The number of nitrogens with two attached hydrogens (primary N) is 1. The molecule has 4 heteroatoms. The molecule has 13 heavy (non-hydrogen) atoms. The summed E-state index contributed by atoms with van der Waals surface area (Å²) in [5, 5.41) is 2.61. The van der Waals surface area contributed by atoms with Crippen LogP contribution in [-0.4, -0.2) is 43.0 Å². The van der Waals surface area contributed by atoms with Gasteiger partial charge >= 0.3 is 0 Å². The Bertz CT molecular complexity index is 183. The van der Waals surface area contributed by atoms with Gasteiger partial charge in [-0.05, 0) is 19.9 Å². The number of hydrogen-bond donors (Lipinski definition) is 2. The first-order valence-electron chi connectivity index (χ1n) is 4.75. The quantitative estimate of drug-likeness (QED) is 0.623. The van der Waals surface area contributed by atoms with Crippen LogP contribution in [0.15, 0.2) is 0 Å². The second-order valence-corrected chi connectivity index (χ2v) is 4.14. The third-order valence-electron chi connectivity index (χ3n) is 2.33. The van der Waals surface area contributed by atoms with Crippen molar-refractivity contribution in [3.05, 3.63) is 0 Å². The molecule has 0 aliphatic carbocycles. The molecule has 76 valence electrons. The molecule has 3 N–H and O–H groups in total. The number of carbonyl (C=O) groups is 1. The predicted octanol–water partition coefficient (Wildman–Crippen LogP) is -0.454. The molecule has 4 nitrogen and oxygen atoms in total. The molecule has 0 bridgehead atoms. The van der Waals surface area contributed by atoms with E-state index in [9.17, 15) is 4.79 Å². The molecule has 0 aromatic rings. The van der Waals surface area contributed by atoms with Crippen LogP contribution in [0.2, 0.25) is 0 Å². The summed E-state index contributed by atoms with van der Waals surface area (Å²) in [7, 11) is 1.67. The van der Waals surface area contributed by atoms with E-state index in [2.05, 4.69) is 17.1 Å². The molecule has 1 heterocycles. The normalized spacial score (nSPS) is 20.8. The van der Waals surface area contributed by atoms with Gasteiger partial charge < -0.3 is 11.1 Å². The molecule has 1 fully saturated rings. The van der Waals surface area contributed by atoms with Crippen LogP contribution in [-0.2, 0) is 4.79 Å². The summed E-state index contributed by atoms with van der Waals surface area (Å²) in [6, 6.07) is 0. The van der Waals surface area contributed by atoms with E-state index in [4.69, 9.17) is 5.73 Å². The minimum absolute atomic E-state index is 0.00696. The lowest BCUT2D eigenvalue weighted by Crippen LogP contribution is -2.65. The van der Waals surface area contributed by atoms with Crippen molar-refractivity contribution < 1.29 is 4.79 Å². The second-order valence-electron chi connectivity index (χ2n) is 4.14. The van der Waals surface area contributed by atoms with Gasteiger partial charge in [0.1, 0.15) is 0 Å². The van der Waals surface area contributed by atoms with Gasteiger partial charge in [0.2, 0.25) is 5.91 Å². The van der Waals surface area contributed by atoms with Crippen LogP contribution in [0.4, 0.5) is 0 Å². The van der Waals surface area contributed by atoms with Crippen molar-refractivity contribution in [1.29, 1.82) is 0 Å². The average Bonchev–Trinajstić information content (AvgIpc) is 2.00. The van der Waals surface area contributed by atoms with Gasteiger partial charge in [0.15, 0.2) is 0 Å². The highest BCUT2D eigenvalue weighted by Gasteiger charge is 2.33. The maximum atomic E-state index is 10.9. The van der Waals surface area contributed by atoms with Crippen LogP contribution < -0.4 is 11.1 Å².